The molecule has 0 radical (unpaired) electrons. The van der Waals surface area contributed by atoms with Gasteiger partial charge in [-0.1, -0.05) is 30.3 Å². The minimum Gasteiger partial charge on any atom is -0.341 e. The fourth-order valence-electron chi connectivity index (χ4n) is 3.68. The van der Waals surface area contributed by atoms with E-state index in [1.807, 2.05) is 30.3 Å². The van der Waals surface area contributed by atoms with Crippen molar-refractivity contribution in [1.29, 1.82) is 0 Å². The first-order chi connectivity index (χ1) is 13.3. The molecule has 3 rings (SSSR count). The highest BCUT2D eigenvalue weighted by Gasteiger charge is 2.42. The summed E-state index contributed by atoms with van der Waals surface area (Å²) in [5.41, 5.74) is 2.26. The number of carbonyl (C=O) groups excluding carboxylic acids is 3. The first kappa shape index (κ1) is 20.1. The molecule has 1 aromatic carbocycles. The SMILES string of the molecule is O=C1CCC(c2ccccc2)=C1CC(=O)N1CCCN(C(=O)C(F)(F)F)CC1. The first-order valence-corrected chi connectivity index (χ1v) is 9.22. The lowest BCUT2D eigenvalue weighted by Crippen LogP contribution is -2.43. The Kier molecular flexibility index (Phi) is 5.86. The summed E-state index contributed by atoms with van der Waals surface area (Å²) in [5.74, 6) is -2.22. The molecule has 0 saturated carbocycles. The Morgan fingerprint density at radius 2 is 1.57 bits per heavy atom. The van der Waals surface area contributed by atoms with Crippen molar-refractivity contribution in [3.63, 3.8) is 0 Å². The lowest BCUT2D eigenvalue weighted by atomic mass is 9.99. The molecule has 150 valence electrons. The van der Waals surface area contributed by atoms with Gasteiger partial charge >= 0.3 is 12.1 Å². The highest BCUT2D eigenvalue weighted by Crippen LogP contribution is 2.33. The fourth-order valence-corrected chi connectivity index (χ4v) is 3.68. The van der Waals surface area contributed by atoms with Crippen LogP contribution in [0.2, 0.25) is 0 Å². The maximum Gasteiger partial charge on any atom is 0.471 e. The predicted molar refractivity (Wildman–Crippen MR) is 96.1 cm³/mol. The van der Waals surface area contributed by atoms with Crippen LogP contribution in [0.25, 0.3) is 5.57 Å². The maximum absolute atomic E-state index is 12.7. The Hall–Kier alpha value is -2.64. The first-order valence-electron chi connectivity index (χ1n) is 9.22. The van der Waals surface area contributed by atoms with Crippen molar-refractivity contribution in [2.75, 3.05) is 26.2 Å². The average Bonchev–Trinajstić information content (AvgIpc) is 2.87. The van der Waals surface area contributed by atoms with Crippen LogP contribution >= 0.6 is 0 Å². The molecule has 1 fully saturated rings. The minimum atomic E-state index is -4.91. The van der Waals surface area contributed by atoms with Crippen LogP contribution in [0.3, 0.4) is 0 Å². The summed E-state index contributed by atoms with van der Waals surface area (Å²) in [7, 11) is 0. The third-order valence-corrected chi connectivity index (χ3v) is 5.13. The van der Waals surface area contributed by atoms with E-state index in [9.17, 15) is 27.6 Å². The zero-order chi connectivity index (χ0) is 20.3. The van der Waals surface area contributed by atoms with Gasteiger partial charge in [-0.25, -0.2) is 0 Å². The number of nitrogens with zero attached hydrogens (tertiary/aromatic N) is 2. The molecule has 0 N–H and O–H groups in total. The van der Waals surface area contributed by atoms with Crippen molar-refractivity contribution in [2.24, 2.45) is 0 Å². The number of alkyl halides is 3. The number of carbonyl (C=O) groups is 3. The second kappa shape index (κ2) is 8.16. The molecule has 1 aliphatic heterocycles. The number of hydrogen-bond acceptors (Lipinski definition) is 3. The van der Waals surface area contributed by atoms with Crippen LogP contribution in [0, 0.1) is 0 Å². The van der Waals surface area contributed by atoms with E-state index in [-0.39, 0.29) is 50.7 Å². The number of ketones is 1. The highest BCUT2D eigenvalue weighted by molar-refractivity contribution is 6.10. The molecule has 2 aliphatic rings. The van der Waals surface area contributed by atoms with Gasteiger partial charge < -0.3 is 9.80 Å². The Labute approximate surface area is 160 Å². The van der Waals surface area contributed by atoms with E-state index in [1.165, 1.54) is 4.90 Å². The van der Waals surface area contributed by atoms with E-state index >= 15 is 0 Å². The molecule has 0 aromatic heterocycles. The molecule has 0 spiro atoms. The minimum absolute atomic E-state index is 0.0305. The third-order valence-electron chi connectivity index (χ3n) is 5.13. The molecule has 1 saturated heterocycles. The number of Topliss-reactive ketones (excluding diaryl/α,β-unsaturated/α-hetero) is 1. The van der Waals surface area contributed by atoms with Gasteiger partial charge in [-0.2, -0.15) is 13.2 Å². The van der Waals surface area contributed by atoms with Gasteiger partial charge in [-0.05, 0) is 24.0 Å². The molecule has 0 unspecified atom stereocenters. The van der Waals surface area contributed by atoms with Gasteiger partial charge in [0.25, 0.3) is 0 Å². The smallest absolute Gasteiger partial charge is 0.341 e. The summed E-state index contributed by atoms with van der Waals surface area (Å²) in [6.45, 7) is 0.0903. The van der Waals surface area contributed by atoms with E-state index < -0.39 is 12.1 Å². The van der Waals surface area contributed by atoms with E-state index in [0.717, 1.165) is 16.0 Å². The number of amides is 2. The quantitative estimate of drug-likeness (QED) is 0.792. The largest absolute Gasteiger partial charge is 0.471 e. The van der Waals surface area contributed by atoms with Crippen LogP contribution in [-0.4, -0.2) is 59.8 Å². The number of allylic oxidation sites excluding steroid dienone is 1. The van der Waals surface area contributed by atoms with Crippen molar-refractivity contribution >= 4 is 23.2 Å². The zero-order valence-electron chi connectivity index (χ0n) is 15.3. The molecule has 1 aromatic rings. The maximum atomic E-state index is 12.7. The summed E-state index contributed by atoms with van der Waals surface area (Å²) in [4.78, 5) is 38.6. The van der Waals surface area contributed by atoms with E-state index in [0.29, 0.717) is 18.4 Å². The fraction of sp³-hybridized carbons (Fsp3) is 0.450. The number of hydrogen-bond donors (Lipinski definition) is 0. The number of halogens is 3. The molecule has 1 heterocycles. The van der Waals surface area contributed by atoms with Crippen LogP contribution < -0.4 is 0 Å². The van der Waals surface area contributed by atoms with E-state index in [4.69, 9.17) is 0 Å². The van der Waals surface area contributed by atoms with Gasteiger partial charge in [0.1, 0.15) is 0 Å². The van der Waals surface area contributed by atoms with E-state index in [1.54, 1.807) is 0 Å². The van der Waals surface area contributed by atoms with E-state index in [2.05, 4.69) is 0 Å². The monoisotopic (exact) mass is 394 g/mol. The van der Waals surface area contributed by atoms with Crippen LogP contribution in [0.15, 0.2) is 35.9 Å². The van der Waals surface area contributed by atoms with Gasteiger partial charge in [0.05, 0.1) is 6.42 Å². The standard InChI is InChI=1S/C20H21F3N2O3/c21-20(22,23)19(28)25-10-4-9-24(11-12-25)18(27)13-16-15(7-8-17(16)26)14-5-2-1-3-6-14/h1-3,5-6H,4,7-13H2. The van der Waals surface area contributed by atoms with Crippen molar-refractivity contribution in [2.45, 2.75) is 31.9 Å². The molecule has 1 aliphatic carbocycles. The number of benzene rings is 1. The molecule has 0 bridgehead atoms. The van der Waals surface area contributed by atoms with Gasteiger partial charge in [0, 0.05) is 38.2 Å². The Bertz CT molecular complexity index is 803. The van der Waals surface area contributed by atoms with Crippen LogP contribution in [0.5, 0.6) is 0 Å². The molecule has 2 amide bonds. The Morgan fingerprint density at radius 3 is 2.25 bits per heavy atom. The molecule has 0 atom stereocenters. The molecular weight excluding hydrogens is 373 g/mol. The normalized spacial score (nSPS) is 18.5. The molecule has 28 heavy (non-hydrogen) atoms. The third kappa shape index (κ3) is 4.43. The summed E-state index contributed by atoms with van der Waals surface area (Å²) in [6.07, 6.45) is -3.76. The summed E-state index contributed by atoms with van der Waals surface area (Å²) < 4.78 is 37.9. The van der Waals surface area contributed by atoms with Crippen molar-refractivity contribution < 1.29 is 27.6 Å². The number of rotatable bonds is 3. The van der Waals surface area contributed by atoms with Gasteiger partial charge in [0.15, 0.2) is 5.78 Å². The summed E-state index contributed by atoms with van der Waals surface area (Å²) >= 11 is 0. The summed E-state index contributed by atoms with van der Waals surface area (Å²) in [5, 5.41) is 0. The second-order valence-corrected chi connectivity index (χ2v) is 6.95. The predicted octanol–water partition coefficient (Wildman–Crippen LogP) is 2.82. The Morgan fingerprint density at radius 1 is 0.929 bits per heavy atom. The molecule has 5 nitrogen and oxygen atoms in total. The van der Waals surface area contributed by atoms with Crippen LogP contribution in [0.4, 0.5) is 13.2 Å². The lowest BCUT2D eigenvalue weighted by molar-refractivity contribution is -0.185. The average molecular weight is 394 g/mol. The van der Waals surface area contributed by atoms with Crippen molar-refractivity contribution in [3.05, 3.63) is 41.5 Å². The van der Waals surface area contributed by atoms with Crippen molar-refractivity contribution in [3.8, 4) is 0 Å². The Balaban J connectivity index is 1.69. The zero-order valence-corrected chi connectivity index (χ0v) is 15.3. The van der Waals surface area contributed by atoms with Crippen LogP contribution in [-0.2, 0) is 14.4 Å². The molecule has 8 heteroatoms. The van der Waals surface area contributed by atoms with Crippen molar-refractivity contribution in [1.82, 2.24) is 9.80 Å². The topological polar surface area (TPSA) is 57.7 Å². The van der Waals surface area contributed by atoms with Gasteiger partial charge in [0.2, 0.25) is 5.91 Å². The lowest BCUT2D eigenvalue weighted by Gasteiger charge is -2.23. The molecular formula is C20H21F3N2O3. The van der Waals surface area contributed by atoms with Gasteiger partial charge in [-0.15, -0.1) is 0 Å². The second-order valence-electron chi connectivity index (χ2n) is 6.95. The van der Waals surface area contributed by atoms with Gasteiger partial charge in [-0.3, -0.25) is 14.4 Å². The highest BCUT2D eigenvalue weighted by atomic mass is 19.4. The summed E-state index contributed by atoms with van der Waals surface area (Å²) in [6, 6.07) is 9.39. The van der Waals surface area contributed by atoms with Crippen LogP contribution in [0.1, 0.15) is 31.2 Å².